The van der Waals surface area contributed by atoms with E-state index in [0.29, 0.717) is 6.42 Å². The number of carbonyl (C=O) groups is 13. The zero-order valence-corrected chi connectivity index (χ0v) is 34.4. The highest BCUT2D eigenvalue weighted by Gasteiger charge is 2.41. The predicted molar refractivity (Wildman–Crippen MR) is 210 cm³/mol. The van der Waals surface area contributed by atoms with E-state index in [1.165, 1.54) is 13.8 Å². The van der Waals surface area contributed by atoms with Crippen molar-refractivity contribution in [3.05, 3.63) is 12.2 Å². The molecule has 2 heterocycles. The van der Waals surface area contributed by atoms with Gasteiger partial charge in [-0.1, -0.05) is 6.58 Å². The summed E-state index contributed by atoms with van der Waals surface area (Å²) in [6, 6.07) is -12.0. The molecule has 2 aliphatic rings. The summed E-state index contributed by atoms with van der Waals surface area (Å²) in [6.07, 6.45) is -2.23. The van der Waals surface area contributed by atoms with Crippen molar-refractivity contribution in [1.82, 2.24) is 41.7 Å². The minimum atomic E-state index is -1.74. The molecule has 15 N–H and O–H groups in total. The molecule has 0 bridgehead atoms. The molecular weight excluding hydrogens is 824 g/mol. The number of aliphatic carboxylic acids is 1. The Labute approximate surface area is 354 Å². The van der Waals surface area contributed by atoms with E-state index in [2.05, 4.69) is 38.5 Å². The number of nitrogens with one attached hydrogen (secondary N) is 6. The molecular formula is C36H54N12O14. The quantitative estimate of drug-likeness (QED) is 0.0425. The number of primary amides is 4. The van der Waals surface area contributed by atoms with Crippen LogP contribution in [0.4, 0.5) is 0 Å². The van der Waals surface area contributed by atoms with E-state index in [4.69, 9.17) is 22.9 Å². The minimum Gasteiger partial charge on any atom is -0.480 e. The summed E-state index contributed by atoms with van der Waals surface area (Å²) in [4.78, 5) is 166. The normalized spacial score (nSPS) is 18.6. The minimum absolute atomic E-state index is 0.00191. The zero-order chi connectivity index (χ0) is 47.2. The van der Waals surface area contributed by atoms with Gasteiger partial charge in [0.1, 0.15) is 48.3 Å². The Morgan fingerprint density at radius 1 is 0.548 bits per heavy atom. The molecule has 0 unspecified atom stereocenters. The van der Waals surface area contributed by atoms with Crippen molar-refractivity contribution in [2.75, 3.05) is 13.1 Å². The van der Waals surface area contributed by atoms with Gasteiger partial charge in [-0.25, -0.2) is 4.79 Å². The van der Waals surface area contributed by atoms with Gasteiger partial charge in [-0.15, -0.1) is 0 Å². The number of carbonyl (C=O) groups excluding carboxylic acids is 12. The molecule has 0 aromatic carbocycles. The average Bonchev–Trinajstić information content (AvgIpc) is 3.86. The molecule has 26 nitrogen and oxygen atoms in total. The van der Waals surface area contributed by atoms with E-state index in [0.717, 1.165) is 16.7 Å². The number of rotatable bonds is 23. The largest absolute Gasteiger partial charge is 0.480 e. The van der Waals surface area contributed by atoms with Gasteiger partial charge >= 0.3 is 5.97 Å². The van der Waals surface area contributed by atoms with Crippen LogP contribution in [0.2, 0.25) is 0 Å². The Kier molecular flexibility index (Phi) is 18.9. The predicted octanol–water partition coefficient (Wildman–Crippen LogP) is -6.92. The Balaban J connectivity index is 2.19. The summed E-state index contributed by atoms with van der Waals surface area (Å²) >= 11 is 0. The van der Waals surface area contributed by atoms with Gasteiger partial charge in [-0.3, -0.25) is 57.5 Å². The molecule has 0 aromatic rings. The van der Waals surface area contributed by atoms with Crippen molar-refractivity contribution in [2.45, 2.75) is 120 Å². The molecule has 0 aromatic heterocycles. The lowest BCUT2D eigenvalue weighted by molar-refractivity contribution is -0.149. The first-order valence-corrected chi connectivity index (χ1v) is 19.3. The molecule has 8 atom stereocenters. The average molecular weight is 879 g/mol. The first-order chi connectivity index (χ1) is 28.8. The fourth-order valence-electron chi connectivity index (χ4n) is 6.52. The van der Waals surface area contributed by atoms with Crippen molar-refractivity contribution >= 4 is 76.9 Å². The van der Waals surface area contributed by atoms with Gasteiger partial charge < -0.3 is 69.7 Å². The van der Waals surface area contributed by atoms with E-state index < -0.39 is 151 Å². The topological polar surface area (TPSA) is 425 Å². The second-order valence-corrected chi connectivity index (χ2v) is 14.8. The van der Waals surface area contributed by atoms with Crippen LogP contribution in [0.1, 0.15) is 72.1 Å². The molecule has 0 saturated carbocycles. The highest BCUT2D eigenvalue weighted by atomic mass is 16.4. The number of hydrogen-bond acceptors (Lipinski definition) is 13. The molecule has 62 heavy (non-hydrogen) atoms. The molecule has 2 rings (SSSR count). The SMILES string of the molecule is C=C(C)C(=O)N[C@@H](CC(N)=O)C(=O)N[C@@H](C)C(=O)N[C@@H](CC(N)=O)C(=O)N1CCC[C@H]1C(=O)N[C@@H](CC(N)=O)C(=O)N[C@@H](C)C(=O)N[C@@H](CC(N)=O)C(=O)N1CCC[C@H]1C(=O)O. The van der Waals surface area contributed by atoms with Gasteiger partial charge in [0.15, 0.2) is 0 Å². The first kappa shape index (κ1) is 51.0. The van der Waals surface area contributed by atoms with E-state index in [9.17, 15) is 67.4 Å². The van der Waals surface area contributed by atoms with Crippen molar-refractivity contribution in [3.63, 3.8) is 0 Å². The van der Waals surface area contributed by atoms with Gasteiger partial charge in [-0.2, -0.15) is 0 Å². The van der Waals surface area contributed by atoms with Crippen LogP contribution >= 0.6 is 0 Å². The second-order valence-electron chi connectivity index (χ2n) is 14.8. The van der Waals surface area contributed by atoms with Crippen LogP contribution < -0.4 is 54.8 Å². The maximum Gasteiger partial charge on any atom is 0.326 e. The zero-order valence-electron chi connectivity index (χ0n) is 34.4. The molecule has 2 fully saturated rings. The summed E-state index contributed by atoms with van der Waals surface area (Å²) in [5.41, 5.74) is 21.1. The van der Waals surface area contributed by atoms with Gasteiger partial charge in [0.25, 0.3) is 0 Å². The lowest BCUT2D eigenvalue weighted by Gasteiger charge is -2.30. The number of carboxylic acids is 1. The van der Waals surface area contributed by atoms with Crippen LogP contribution in [0.15, 0.2) is 12.2 Å². The monoisotopic (exact) mass is 878 g/mol. The second kappa shape index (κ2) is 23.0. The molecule has 12 amide bonds. The van der Waals surface area contributed by atoms with E-state index >= 15 is 0 Å². The molecule has 0 spiro atoms. The first-order valence-electron chi connectivity index (χ1n) is 19.3. The van der Waals surface area contributed by atoms with Crippen LogP contribution in [0, 0.1) is 0 Å². The van der Waals surface area contributed by atoms with E-state index in [-0.39, 0.29) is 37.9 Å². The third-order valence-electron chi connectivity index (χ3n) is 9.66. The lowest BCUT2D eigenvalue weighted by Crippen LogP contribution is -2.60. The third-order valence-corrected chi connectivity index (χ3v) is 9.66. The summed E-state index contributed by atoms with van der Waals surface area (Å²) < 4.78 is 0. The summed E-state index contributed by atoms with van der Waals surface area (Å²) in [6.45, 7) is 7.06. The maximum atomic E-state index is 13.8. The highest BCUT2D eigenvalue weighted by Crippen LogP contribution is 2.21. The summed E-state index contributed by atoms with van der Waals surface area (Å²) in [5, 5.41) is 23.1. The van der Waals surface area contributed by atoms with Crippen molar-refractivity contribution in [1.29, 1.82) is 0 Å². The molecule has 0 aliphatic carbocycles. The van der Waals surface area contributed by atoms with Gasteiger partial charge in [0, 0.05) is 18.7 Å². The van der Waals surface area contributed by atoms with Crippen molar-refractivity contribution < 1.29 is 67.4 Å². The lowest BCUT2D eigenvalue weighted by atomic mass is 10.1. The Hall–Kier alpha value is -7.15. The molecule has 0 radical (unpaired) electrons. The molecule has 2 aliphatic heterocycles. The van der Waals surface area contributed by atoms with Gasteiger partial charge in [0.2, 0.25) is 70.9 Å². The standard InChI is InChI=1S/C36H54N12O14/c1-15(2)28(53)43-18(11-24(37)49)31(56)41-16(3)29(54)45-20(13-26(39)51)34(59)47-9-5-7-22(47)33(58)44-19(12-25(38)50)32(57)42-17(4)30(55)46-21(14-27(40)52)35(60)48-10-6-8-23(48)36(61)62/h16-23H,1,5-14H2,2-4H3,(H2,37,49)(H2,38,50)(H2,39,51)(H2,40,52)(H,41,56)(H,42,57)(H,43,53)(H,44,58)(H,45,54)(H,46,55)(H,61,62)/t16-,17-,18-,19-,20-,21-,22-,23-/m0/s1. The number of likely N-dealkylation sites (tertiary alicyclic amines) is 2. The number of hydrogen-bond donors (Lipinski definition) is 11. The Morgan fingerprint density at radius 3 is 1.27 bits per heavy atom. The molecule has 342 valence electrons. The number of carboxylic acid groups (broad SMARTS) is 1. The number of nitrogens with zero attached hydrogens (tertiary/aromatic N) is 2. The molecule has 26 heteroatoms. The summed E-state index contributed by atoms with van der Waals surface area (Å²) in [5.74, 6) is -13.2. The van der Waals surface area contributed by atoms with E-state index in [1.54, 1.807) is 0 Å². The van der Waals surface area contributed by atoms with Crippen LogP contribution in [-0.4, -0.2) is 153 Å². The summed E-state index contributed by atoms with van der Waals surface area (Å²) in [7, 11) is 0. The highest BCUT2D eigenvalue weighted by molar-refractivity contribution is 6.01. The van der Waals surface area contributed by atoms with Crippen LogP contribution in [0.5, 0.6) is 0 Å². The fourth-order valence-corrected chi connectivity index (χ4v) is 6.52. The van der Waals surface area contributed by atoms with Crippen LogP contribution in [0.3, 0.4) is 0 Å². The third kappa shape index (κ3) is 15.1. The smallest absolute Gasteiger partial charge is 0.326 e. The number of nitrogens with two attached hydrogens (primary N) is 4. The van der Waals surface area contributed by atoms with E-state index in [1.807, 2.05) is 0 Å². The maximum absolute atomic E-state index is 13.8. The fraction of sp³-hybridized carbons (Fsp3) is 0.583. The number of amides is 12. The van der Waals surface area contributed by atoms with Crippen molar-refractivity contribution in [2.24, 2.45) is 22.9 Å². The Bertz CT molecular complexity index is 1860. The Morgan fingerprint density at radius 2 is 0.903 bits per heavy atom. The van der Waals surface area contributed by atoms with Crippen LogP contribution in [-0.2, 0) is 62.3 Å². The van der Waals surface area contributed by atoms with Gasteiger partial charge in [-0.05, 0) is 46.5 Å². The van der Waals surface area contributed by atoms with Crippen molar-refractivity contribution in [3.8, 4) is 0 Å². The molecule has 2 saturated heterocycles. The van der Waals surface area contributed by atoms with Crippen LogP contribution in [0.25, 0.3) is 0 Å². The van der Waals surface area contributed by atoms with Gasteiger partial charge in [0.05, 0.1) is 25.7 Å².